The van der Waals surface area contributed by atoms with E-state index in [0.29, 0.717) is 13.3 Å². The van der Waals surface area contributed by atoms with Crippen molar-refractivity contribution in [3.8, 4) is 11.5 Å². The number of ether oxygens (including phenoxy) is 2. The van der Waals surface area contributed by atoms with Gasteiger partial charge in [0.25, 0.3) is 0 Å². The minimum atomic E-state index is 0.302. The van der Waals surface area contributed by atoms with Crippen molar-refractivity contribution in [2.24, 2.45) is 0 Å². The van der Waals surface area contributed by atoms with Crippen LogP contribution in [0.15, 0.2) is 42.5 Å². The van der Waals surface area contributed by atoms with Crippen LogP contribution in [0.5, 0.6) is 11.5 Å². The van der Waals surface area contributed by atoms with Crippen LogP contribution in [0.25, 0.3) is 10.2 Å². The van der Waals surface area contributed by atoms with Crippen molar-refractivity contribution >= 4 is 27.2 Å². The first-order chi connectivity index (χ1) is 9.88. The zero-order valence-electron chi connectivity index (χ0n) is 10.6. The molecule has 2 aromatic carbocycles. The van der Waals surface area contributed by atoms with Crippen LogP contribution in [-0.4, -0.2) is 11.8 Å². The summed E-state index contributed by atoms with van der Waals surface area (Å²) >= 11 is 1.71. The standard InChI is InChI=1S/C15H12N2O2S/c1-2-4-14-11(3-1)17-15(20-14)8-16-10-5-6-12-13(7-10)19-9-18-12/h1-7,16H,8-9H2. The predicted octanol–water partition coefficient (Wildman–Crippen LogP) is 3.64. The average molecular weight is 284 g/mol. The third kappa shape index (κ3) is 2.06. The summed E-state index contributed by atoms with van der Waals surface area (Å²) in [6.45, 7) is 1.01. The van der Waals surface area contributed by atoms with Gasteiger partial charge < -0.3 is 14.8 Å². The van der Waals surface area contributed by atoms with E-state index < -0.39 is 0 Å². The highest BCUT2D eigenvalue weighted by atomic mass is 32.1. The Hall–Kier alpha value is -2.27. The van der Waals surface area contributed by atoms with Crippen molar-refractivity contribution in [1.82, 2.24) is 4.98 Å². The largest absolute Gasteiger partial charge is 0.454 e. The molecular weight excluding hydrogens is 272 g/mol. The summed E-state index contributed by atoms with van der Waals surface area (Å²) < 4.78 is 11.9. The number of rotatable bonds is 3. The average Bonchev–Trinajstić information content (AvgIpc) is 3.10. The SMILES string of the molecule is c1ccc2sc(CNc3ccc4c(c3)OCO4)nc2c1. The zero-order valence-corrected chi connectivity index (χ0v) is 11.4. The molecule has 0 bridgehead atoms. The Balaban J connectivity index is 1.52. The van der Waals surface area contributed by atoms with Crippen molar-refractivity contribution < 1.29 is 9.47 Å². The summed E-state index contributed by atoms with van der Waals surface area (Å²) in [7, 11) is 0. The molecule has 1 N–H and O–H groups in total. The number of aromatic nitrogens is 1. The van der Waals surface area contributed by atoms with Gasteiger partial charge in [0.05, 0.1) is 16.8 Å². The second-order valence-electron chi connectivity index (χ2n) is 4.50. The number of nitrogens with zero attached hydrogens (tertiary/aromatic N) is 1. The van der Waals surface area contributed by atoms with Crippen molar-refractivity contribution in [3.05, 3.63) is 47.5 Å². The predicted molar refractivity (Wildman–Crippen MR) is 79.5 cm³/mol. The second-order valence-corrected chi connectivity index (χ2v) is 5.61. The first kappa shape index (κ1) is 11.5. The van der Waals surface area contributed by atoms with Gasteiger partial charge in [-0.25, -0.2) is 4.98 Å². The Morgan fingerprint density at radius 2 is 2.00 bits per heavy atom. The molecule has 100 valence electrons. The first-order valence-corrected chi connectivity index (χ1v) is 7.18. The van der Waals surface area contributed by atoms with Crippen molar-refractivity contribution in [3.63, 3.8) is 0 Å². The normalized spacial score (nSPS) is 12.8. The molecule has 4 nitrogen and oxygen atoms in total. The third-order valence-corrected chi connectivity index (χ3v) is 4.19. The monoisotopic (exact) mass is 284 g/mol. The quantitative estimate of drug-likeness (QED) is 0.797. The third-order valence-electron chi connectivity index (χ3n) is 3.15. The topological polar surface area (TPSA) is 43.4 Å². The molecule has 4 rings (SSSR count). The van der Waals surface area contributed by atoms with Gasteiger partial charge in [0.2, 0.25) is 6.79 Å². The van der Waals surface area contributed by atoms with Gasteiger partial charge in [0.15, 0.2) is 11.5 Å². The van der Waals surface area contributed by atoms with Crippen LogP contribution in [0.1, 0.15) is 5.01 Å². The van der Waals surface area contributed by atoms with Crippen molar-refractivity contribution in [2.75, 3.05) is 12.1 Å². The molecule has 5 heteroatoms. The number of fused-ring (bicyclic) bond motifs is 2. The lowest BCUT2D eigenvalue weighted by atomic mass is 10.3. The van der Waals surface area contributed by atoms with Gasteiger partial charge in [0, 0.05) is 11.8 Å². The molecule has 0 spiro atoms. The number of hydrogen-bond donors (Lipinski definition) is 1. The minimum absolute atomic E-state index is 0.302. The van der Waals surface area contributed by atoms with Crippen molar-refractivity contribution in [1.29, 1.82) is 0 Å². The molecule has 2 heterocycles. The summed E-state index contributed by atoms with van der Waals surface area (Å²) in [5, 5.41) is 4.44. The van der Waals surface area contributed by atoms with Crippen LogP contribution < -0.4 is 14.8 Å². The van der Waals surface area contributed by atoms with E-state index in [9.17, 15) is 0 Å². The molecule has 1 aliphatic rings. The van der Waals surface area contributed by atoms with E-state index in [-0.39, 0.29) is 0 Å². The van der Waals surface area contributed by atoms with E-state index in [1.807, 2.05) is 36.4 Å². The van der Waals surface area contributed by atoms with Crippen LogP contribution in [0, 0.1) is 0 Å². The maximum Gasteiger partial charge on any atom is 0.231 e. The molecular formula is C15H12N2O2S. The highest BCUT2D eigenvalue weighted by molar-refractivity contribution is 7.18. The van der Waals surface area contributed by atoms with Crippen molar-refractivity contribution in [2.45, 2.75) is 6.54 Å². The molecule has 0 aliphatic carbocycles. The highest BCUT2D eigenvalue weighted by Crippen LogP contribution is 2.34. The molecule has 1 aromatic heterocycles. The Morgan fingerprint density at radius 3 is 2.95 bits per heavy atom. The van der Waals surface area contributed by atoms with Gasteiger partial charge in [-0.1, -0.05) is 12.1 Å². The molecule has 20 heavy (non-hydrogen) atoms. The molecule has 1 aliphatic heterocycles. The Morgan fingerprint density at radius 1 is 1.10 bits per heavy atom. The number of nitrogens with one attached hydrogen (secondary N) is 1. The second kappa shape index (κ2) is 4.68. The van der Waals surface area contributed by atoms with E-state index >= 15 is 0 Å². The molecule has 0 radical (unpaired) electrons. The van der Waals surface area contributed by atoms with Crippen LogP contribution >= 0.6 is 11.3 Å². The van der Waals surface area contributed by atoms with Crippen LogP contribution in [0.4, 0.5) is 5.69 Å². The summed E-state index contributed by atoms with van der Waals surface area (Å²) in [6, 6.07) is 14.0. The molecule has 0 fully saturated rings. The van der Waals surface area contributed by atoms with Crippen LogP contribution in [0.3, 0.4) is 0 Å². The molecule has 0 saturated carbocycles. The van der Waals surface area contributed by atoms with Gasteiger partial charge in [-0.15, -0.1) is 11.3 Å². The smallest absolute Gasteiger partial charge is 0.231 e. The fourth-order valence-corrected chi connectivity index (χ4v) is 3.09. The van der Waals surface area contributed by atoms with Gasteiger partial charge in [-0.05, 0) is 24.3 Å². The molecule has 0 atom stereocenters. The number of thiazole rings is 1. The number of hydrogen-bond acceptors (Lipinski definition) is 5. The highest BCUT2D eigenvalue weighted by Gasteiger charge is 2.13. The van der Waals surface area contributed by atoms with E-state index in [4.69, 9.17) is 9.47 Å². The molecule has 0 amide bonds. The first-order valence-electron chi connectivity index (χ1n) is 6.36. The fourth-order valence-electron chi connectivity index (χ4n) is 2.18. The summed E-state index contributed by atoms with van der Waals surface area (Å²) in [5.74, 6) is 1.59. The van der Waals surface area contributed by atoms with E-state index in [0.717, 1.165) is 27.7 Å². The fraction of sp³-hybridized carbons (Fsp3) is 0.133. The van der Waals surface area contributed by atoms with Gasteiger partial charge in [0.1, 0.15) is 5.01 Å². The van der Waals surface area contributed by atoms with Gasteiger partial charge in [-0.2, -0.15) is 0 Å². The van der Waals surface area contributed by atoms with Gasteiger partial charge in [-0.3, -0.25) is 0 Å². The van der Waals surface area contributed by atoms with E-state index in [1.54, 1.807) is 11.3 Å². The summed E-state index contributed by atoms with van der Waals surface area (Å²) in [4.78, 5) is 4.60. The molecule has 3 aromatic rings. The number of anilines is 1. The Labute approximate surface area is 120 Å². The lowest BCUT2D eigenvalue weighted by Gasteiger charge is -2.05. The zero-order chi connectivity index (χ0) is 13.4. The maximum absolute atomic E-state index is 5.36. The lowest BCUT2D eigenvalue weighted by molar-refractivity contribution is 0.174. The Kier molecular flexibility index (Phi) is 2.70. The van der Waals surface area contributed by atoms with E-state index in [2.05, 4.69) is 16.4 Å². The summed E-state index contributed by atoms with van der Waals surface area (Å²) in [6.07, 6.45) is 0. The van der Waals surface area contributed by atoms with Crippen LogP contribution in [0.2, 0.25) is 0 Å². The summed E-state index contributed by atoms with van der Waals surface area (Å²) in [5.41, 5.74) is 2.06. The number of para-hydroxylation sites is 1. The van der Waals surface area contributed by atoms with Crippen LogP contribution in [-0.2, 0) is 6.54 Å². The maximum atomic E-state index is 5.36. The van der Waals surface area contributed by atoms with Gasteiger partial charge >= 0.3 is 0 Å². The number of benzene rings is 2. The minimum Gasteiger partial charge on any atom is -0.454 e. The molecule has 0 saturated heterocycles. The lowest BCUT2D eigenvalue weighted by Crippen LogP contribution is -1.98. The van der Waals surface area contributed by atoms with E-state index in [1.165, 1.54) is 4.70 Å². The molecule has 0 unspecified atom stereocenters. The Bertz CT molecular complexity index is 736.